The van der Waals surface area contributed by atoms with Crippen molar-refractivity contribution in [1.82, 2.24) is 10.6 Å². The van der Waals surface area contributed by atoms with E-state index in [9.17, 15) is 14.9 Å². The summed E-state index contributed by atoms with van der Waals surface area (Å²) in [6, 6.07) is 14.2. The van der Waals surface area contributed by atoms with E-state index in [4.69, 9.17) is 9.47 Å². The smallest absolute Gasteiger partial charge is 0.220 e. The van der Waals surface area contributed by atoms with Gasteiger partial charge < -0.3 is 20.1 Å². The van der Waals surface area contributed by atoms with E-state index in [1.807, 2.05) is 71.0 Å². The molecular weight excluding hydrogens is 618 g/mol. The zero-order valence-corrected chi connectivity index (χ0v) is 28.3. The summed E-state index contributed by atoms with van der Waals surface area (Å²) < 4.78 is 13.1. The molecule has 0 bridgehead atoms. The molecule has 0 fully saturated rings. The normalized spacial score (nSPS) is 18.4. The Morgan fingerprint density at radius 1 is 1.14 bits per heavy atom. The van der Waals surface area contributed by atoms with Crippen LogP contribution in [-0.2, 0) is 22.7 Å². The van der Waals surface area contributed by atoms with E-state index in [-0.39, 0.29) is 17.1 Å². The average molecular weight is 663 g/mol. The molecule has 4 rings (SSSR count). The second-order valence-electron chi connectivity index (χ2n) is 13.0. The molecule has 0 spiro atoms. The predicted octanol–water partition coefficient (Wildman–Crippen LogP) is 8.00. The number of ether oxygens (including phenoxy) is 2. The van der Waals surface area contributed by atoms with E-state index in [0.29, 0.717) is 65.6 Å². The number of carbonyl (C=O) groups is 2. The number of amides is 1. The van der Waals surface area contributed by atoms with Gasteiger partial charge in [0.05, 0.1) is 28.6 Å². The molecule has 1 aliphatic heterocycles. The van der Waals surface area contributed by atoms with Gasteiger partial charge in [-0.15, -0.1) is 0 Å². The molecule has 1 amide bonds. The molecule has 0 saturated heterocycles. The van der Waals surface area contributed by atoms with E-state index >= 15 is 0 Å². The van der Waals surface area contributed by atoms with Crippen molar-refractivity contribution in [3.05, 3.63) is 80.1 Å². The van der Waals surface area contributed by atoms with Gasteiger partial charge in [0.1, 0.15) is 6.61 Å². The summed E-state index contributed by atoms with van der Waals surface area (Å²) >= 11 is 3.71. The topological polar surface area (TPSA) is 100 Å². The Balaban J connectivity index is 1.59. The van der Waals surface area contributed by atoms with Crippen LogP contribution in [0, 0.1) is 22.7 Å². The standard InChI is InChI=1S/C36H44BrN3O4/c1-7-10-23-14-29-34(30(41)15-23)33(27(19-38)22(3)40-29)26-16-28(37)35(31(17-26)43-8-2)44-21-25-12-9-11-24(13-25)20-39-32(42)18-36(4,5)6/h9,11-13,16-17,23,33,40H,7-8,10,14-15,18,20-21H2,1-6H3,(H,39,42). The molecule has 0 aromatic heterocycles. The minimum absolute atomic E-state index is 0.0291. The number of carbonyl (C=O) groups excluding carboxylic acids is 2. The minimum Gasteiger partial charge on any atom is -0.490 e. The van der Waals surface area contributed by atoms with E-state index < -0.39 is 5.92 Å². The molecule has 234 valence electrons. The summed E-state index contributed by atoms with van der Waals surface area (Å²) in [5.74, 6) is 1.08. The van der Waals surface area contributed by atoms with Crippen molar-refractivity contribution in [3.8, 4) is 17.6 Å². The Bertz CT molecular complexity index is 1510. The van der Waals surface area contributed by atoms with Crippen molar-refractivity contribution in [1.29, 1.82) is 5.26 Å². The molecule has 1 heterocycles. The summed E-state index contributed by atoms with van der Waals surface area (Å²) in [6.45, 7) is 13.3. The summed E-state index contributed by atoms with van der Waals surface area (Å²) in [7, 11) is 0. The number of dihydropyridines is 1. The van der Waals surface area contributed by atoms with Crippen LogP contribution in [0.4, 0.5) is 0 Å². The highest BCUT2D eigenvalue weighted by Crippen LogP contribution is 2.47. The van der Waals surface area contributed by atoms with Gasteiger partial charge in [-0.05, 0) is 82.8 Å². The van der Waals surface area contributed by atoms with Gasteiger partial charge in [0.25, 0.3) is 0 Å². The first-order chi connectivity index (χ1) is 20.9. The zero-order chi connectivity index (χ0) is 32.0. The van der Waals surface area contributed by atoms with Gasteiger partial charge in [0.15, 0.2) is 17.3 Å². The summed E-state index contributed by atoms with van der Waals surface area (Å²) in [6.07, 6.45) is 3.81. The van der Waals surface area contributed by atoms with Crippen LogP contribution in [-0.4, -0.2) is 18.3 Å². The quantitative estimate of drug-likeness (QED) is 0.253. The van der Waals surface area contributed by atoms with Crippen molar-refractivity contribution in [2.24, 2.45) is 11.3 Å². The number of rotatable bonds is 11. The Morgan fingerprint density at radius 3 is 2.57 bits per heavy atom. The highest BCUT2D eigenvalue weighted by molar-refractivity contribution is 9.10. The molecule has 0 saturated carbocycles. The second kappa shape index (κ2) is 14.5. The molecule has 2 unspecified atom stereocenters. The molecule has 2 aromatic carbocycles. The van der Waals surface area contributed by atoms with Gasteiger partial charge >= 0.3 is 0 Å². The fourth-order valence-corrected chi connectivity index (χ4v) is 6.67. The summed E-state index contributed by atoms with van der Waals surface area (Å²) in [5, 5.41) is 16.6. The minimum atomic E-state index is -0.471. The van der Waals surface area contributed by atoms with Crippen LogP contribution in [0.3, 0.4) is 0 Å². The molecule has 2 N–H and O–H groups in total. The Hall–Kier alpha value is -3.57. The number of nitrogens with zero attached hydrogens (tertiary/aromatic N) is 1. The van der Waals surface area contributed by atoms with Crippen molar-refractivity contribution >= 4 is 27.6 Å². The van der Waals surface area contributed by atoms with Crippen LogP contribution >= 0.6 is 15.9 Å². The summed E-state index contributed by atoms with van der Waals surface area (Å²) in [4.78, 5) is 25.8. The van der Waals surface area contributed by atoms with Gasteiger partial charge in [-0.25, -0.2) is 0 Å². The van der Waals surface area contributed by atoms with Crippen molar-refractivity contribution < 1.29 is 19.1 Å². The van der Waals surface area contributed by atoms with Crippen LogP contribution in [0.5, 0.6) is 11.5 Å². The lowest BCUT2D eigenvalue weighted by Gasteiger charge is -2.35. The zero-order valence-electron chi connectivity index (χ0n) is 26.7. The molecule has 0 radical (unpaired) electrons. The molecule has 2 aromatic rings. The van der Waals surface area contributed by atoms with Crippen LogP contribution in [0.1, 0.15) is 96.3 Å². The van der Waals surface area contributed by atoms with E-state index in [1.54, 1.807) is 0 Å². The SMILES string of the molecule is CCCC1CC(=O)C2=C(C1)NC(C)=C(C#N)C2c1cc(Br)c(OCc2cccc(CNC(=O)CC(C)(C)C)c2)c(OCC)c1. The van der Waals surface area contributed by atoms with Crippen LogP contribution in [0.15, 0.2) is 63.4 Å². The summed E-state index contributed by atoms with van der Waals surface area (Å²) in [5.41, 5.74) is 5.65. The monoisotopic (exact) mass is 661 g/mol. The number of hydrogen-bond donors (Lipinski definition) is 2. The Labute approximate surface area is 270 Å². The predicted molar refractivity (Wildman–Crippen MR) is 176 cm³/mol. The number of benzene rings is 2. The third-order valence-electron chi connectivity index (χ3n) is 7.95. The molecule has 2 atom stereocenters. The Kier molecular flexibility index (Phi) is 11.0. The number of allylic oxidation sites excluding steroid dienone is 4. The number of halogens is 1. The lowest BCUT2D eigenvalue weighted by atomic mass is 9.72. The highest BCUT2D eigenvalue weighted by atomic mass is 79.9. The van der Waals surface area contributed by atoms with Crippen LogP contribution in [0.25, 0.3) is 0 Å². The molecule has 2 aliphatic rings. The maximum absolute atomic E-state index is 13.5. The number of Topliss-reactive ketones (excluding diaryl/α,β-unsaturated/α-hetero) is 1. The Morgan fingerprint density at radius 2 is 1.89 bits per heavy atom. The van der Waals surface area contributed by atoms with Crippen molar-refractivity contribution in [2.75, 3.05) is 6.61 Å². The largest absolute Gasteiger partial charge is 0.490 e. The van der Waals surface area contributed by atoms with Crippen molar-refractivity contribution in [3.63, 3.8) is 0 Å². The van der Waals surface area contributed by atoms with Gasteiger partial charge in [0, 0.05) is 36.4 Å². The third kappa shape index (κ3) is 8.12. The van der Waals surface area contributed by atoms with Crippen molar-refractivity contribution in [2.45, 2.75) is 92.7 Å². The molecular formula is C36H44BrN3O4. The first-order valence-electron chi connectivity index (χ1n) is 15.5. The first-order valence-corrected chi connectivity index (χ1v) is 16.3. The fraction of sp³-hybridized carbons (Fsp3) is 0.472. The number of hydrogen-bond acceptors (Lipinski definition) is 6. The van der Waals surface area contributed by atoms with Gasteiger partial charge in [-0.3, -0.25) is 9.59 Å². The second-order valence-corrected chi connectivity index (χ2v) is 13.8. The average Bonchev–Trinajstić information content (AvgIpc) is 2.94. The van der Waals surface area contributed by atoms with Gasteiger partial charge in [-0.1, -0.05) is 58.4 Å². The maximum Gasteiger partial charge on any atom is 0.220 e. The number of ketones is 1. The number of nitriles is 1. The molecule has 1 aliphatic carbocycles. The molecule has 7 nitrogen and oxygen atoms in total. The lowest BCUT2D eigenvalue weighted by Crippen LogP contribution is -2.34. The van der Waals surface area contributed by atoms with Crippen LogP contribution < -0.4 is 20.1 Å². The highest BCUT2D eigenvalue weighted by Gasteiger charge is 2.39. The number of nitrogens with one attached hydrogen (secondary N) is 2. The van der Waals surface area contributed by atoms with Gasteiger partial charge in [-0.2, -0.15) is 5.26 Å². The van der Waals surface area contributed by atoms with Gasteiger partial charge in [0.2, 0.25) is 5.91 Å². The van der Waals surface area contributed by atoms with E-state index in [0.717, 1.165) is 47.3 Å². The third-order valence-corrected chi connectivity index (χ3v) is 8.54. The molecule has 44 heavy (non-hydrogen) atoms. The van der Waals surface area contributed by atoms with E-state index in [2.05, 4.69) is 39.6 Å². The van der Waals surface area contributed by atoms with E-state index in [1.165, 1.54) is 0 Å². The fourth-order valence-electron chi connectivity index (χ4n) is 6.10. The first kappa shape index (κ1) is 33.3. The lowest BCUT2D eigenvalue weighted by molar-refractivity contribution is -0.123. The maximum atomic E-state index is 13.5. The van der Waals surface area contributed by atoms with Crippen LogP contribution in [0.2, 0.25) is 0 Å². The molecule has 8 heteroatoms.